The van der Waals surface area contributed by atoms with Crippen molar-refractivity contribution in [2.24, 2.45) is 5.92 Å². The van der Waals surface area contributed by atoms with Gasteiger partial charge in [0.25, 0.3) is 0 Å². The number of carbonyl (C=O) groups is 3. The number of hydrogen-bond donors (Lipinski definition) is 4. The summed E-state index contributed by atoms with van der Waals surface area (Å²) in [7, 11) is -0.445. The summed E-state index contributed by atoms with van der Waals surface area (Å²) in [6.07, 6.45) is -4.12. The van der Waals surface area contributed by atoms with E-state index >= 15 is 0 Å². The molecule has 2 heterocycles. The summed E-state index contributed by atoms with van der Waals surface area (Å²) in [5, 5.41) is 18.5. The van der Waals surface area contributed by atoms with Crippen molar-refractivity contribution in [1.82, 2.24) is 16.0 Å². The van der Waals surface area contributed by atoms with Crippen LogP contribution in [0.3, 0.4) is 0 Å². The number of alkyl halides is 3. The number of aliphatic carboxylic acids is 1. The maximum Gasteiger partial charge on any atom is 0.457 e. The summed E-state index contributed by atoms with van der Waals surface area (Å²) in [6, 6.07) is 2.86. The van der Waals surface area contributed by atoms with E-state index in [1.807, 2.05) is 27.7 Å². The van der Waals surface area contributed by atoms with Gasteiger partial charge < -0.3 is 35.1 Å². The lowest BCUT2D eigenvalue weighted by atomic mass is 9.77. The zero-order valence-electron chi connectivity index (χ0n) is 25.8. The lowest BCUT2D eigenvalue weighted by molar-refractivity contribution is -0.149. The second-order valence-corrected chi connectivity index (χ2v) is 13.3. The van der Waals surface area contributed by atoms with Crippen molar-refractivity contribution in [3.63, 3.8) is 0 Å². The van der Waals surface area contributed by atoms with Crippen LogP contribution in [-0.2, 0) is 36.2 Å². The van der Waals surface area contributed by atoms with E-state index in [1.165, 1.54) is 12.1 Å². The van der Waals surface area contributed by atoms with Crippen molar-refractivity contribution in [3.8, 4) is 0 Å². The summed E-state index contributed by atoms with van der Waals surface area (Å²) >= 11 is 0. The molecule has 10 nitrogen and oxygen atoms in total. The minimum atomic E-state index is -4.54. The van der Waals surface area contributed by atoms with Gasteiger partial charge in [-0.3, -0.25) is 4.79 Å². The van der Waals surface area contributed by atoms with Gasteiger partial charge in [-0.2, -0.15) is 13.2 Å². The lowest BCUT2D eigenvalue weighted by Crippen LogP contribution is -2.63. The second kappa shape index (κ2) is 12.6. The minimum absolute atomic E-state index is 0.0470. The first-order valence-electron chi connectivity index (χ1n) is 14.4. The number of alkyl carbamates (subject to hydrolysis) is 1. The first-order chi connectivity index (χ1) is 19.7. The molecular formula is C29H43BF3N3O7. The monoisotopic (exact) mass is 613 g/mol. The molecule has 0 unspecified atom stereocenters. The number of nitrogens with one attached hydrogen (secondary N) is 3. The Kier molecular flexibility index (Phi) is 10.2. The molecule has 0 aliphatic carbocycles. The van der Waals surface area contributed by atoms with Crippen LogP contribution < -0.4 is 16.0 Å². The molecule has 14 heteroatoms. The fourth-order valence-corrected chi connectivity index (χ4v) is 5.21. The van der Waals surface area contributed by atoms with E-state index in [0.717, 1.165) is 12.1 Å². The third kappa shape index (κ3) is 8.63. The Morgan fingerprint density at radius 1 is 1.09 bits per heavy atom. The van der Waals surface area contributed by atoms with Crippen molar-refractivity contribution in [1.29, 1.82) is 0 Å². The van der Waals surface area contributed by atoms with Crippen molar-refractivity contribution in [2.45, 2.75) is 109 Å². The molecule has 240 valence electrons. The van der Waals surface area contributed by atoms with Gasteiger partial charge in [-0.1, -0.05) is 18.6 Å². The van der Waals surface area contributed by atoms with E-state index in [4.69, 9.17) is 14.0 Å². The third-order valence-corrected chi connectivity index (χ3v) is 8.24. The number of rotatable bonds is 10. The fraction of sp³-hybridized carbons (Fsp3) is 0.690. The van der Waals surface area contributed by atoms with Gasteiger partial charge in [0, 0.05) is 25.4 Å². The van der Waals surface area contributed by atoms with E-state index in [1.54, 1.807) is 20.8 Å². The molecule has 0 bridgehead atoms. The third-order valence-electron chi connectivity index (χ3n) is 8.24. The summed E-state index contributed by atoms with van der Waals surface area (Å²) < 4.78 is 56.5. The molecular weight excluding hydrogens is 570 g/mol. The Morgan fingerprint density at radius 3 is 2.19 bits per heavy atom. The Bertz CT molecular complexity index is 1160. The zero-order chi connectivity index (χ0) is 32.4. The molecule has 2 aliphatic rings. The average molecular weight is 613 g/mol. The van der Waals surface area contributed by atoms with Crippen LogP contribution in [0.1, 0.15) is 72.4 Å². The standard InChI is InChI=1S/C29H43BF3N3O7/c1-25(2,3)41-24(40)35-21(15-18-10-12-19(13-11-18)29(31,32)33)22(37)36-28(23(38)39)17-34-16-20(28)9-8-14-30-42-26(4,5)27(6,7)43-30/h10-13,20-21,34H,8-9,14-17H2,1-7H3,(H,35,40)(H,36,37)(H,38,39)/t20-,21-,28-/m0/s1. The summed E-state index contributed by atoms with van der Waals surface area (Å²) in [5.74, 6) is -2.53. The van der Waals surface area contributed by atoms with Crippen LogP contribution in [0, 0.1) is 5.92 Å². The van der Waals surface area contributed by atoms with E-state index in [0.29, 0.717) is 31.3 Å². The maximum atomic E-state index is 13.6. The number of carboxylic acid groups (broad SMARTS) is 1. The van der Waals surface area contributed by atoms with Crippen LogP contribution in [0.15, 0.2) is 24.3 Å². The molecule has 3 atom stereocenters. The van der Waals surface area contributed by atoms with Crippen molar-refractivity contribution >= 4 is 25.1 Å². The Hall–Kier alpha value is -2.84. The summed E-state index contributed by atoms with van der Waals surface area (Å²) in [4.78, 5) is 38.9. The molecule has 0 saturated carbocycles. The van der Waals surface area contributed by atoms with Crippen LogP contribution in [0.4, 0.5) is 18.0 Å². The first kappa shape index (κ1) is 34.7. The van der Waals surface area contributed by atoms with Crippen molar-refractivity contribution in [2.75, 3.05) is 13.1 Å². The predicted molar refractivity (Wildman–Crippen MR) is 153 cm³/mol. The van der Waals surface area contributed by atoms with Gasteiger partial charge in [-0.05, 0) is 78.9 Å². The summed E-state index contributed by atoms with van der Waals surface area (Å²) in [6.45, 7) is 13.0. The van der Waals surface area contributed by atoms with E-state index in [9.17, 15) is 32.7 Å². The molecule has 2 amide bonds. The van der Waals surface area contributed by atoms with Crippen LogP contribution >= 0.6 is 0 Å². The Labute approximate surface area is 250 Å². The van der Waals surface area contributed by atoms with Gasteiger partial charge in [0.1, 0.15) is 11.6 Å². The number of ether oxygens (including phenoxy) is 1. The van der Waals surface area contributed by atoms with Crippen LogP contribution in [0.25, 0.3) is 0 Å². The molecule has 1 aromatic rings. The quantitative estimate of drug-likeness (QED) is 0.289. The van der Waals surface area contributed by atoms with E-state index < -0.39 is 71.1 Å². The normalized spacial score (nSPS) is 24.0. The number of hydrogen-bond acceptors (Lipinski definition) is 7. The van der Waals surface area contributed by atoms with Crippen LogP contribution in [0.2, 0.25) is 6.32 Å². The molecule has 43 heavy (non-hydrogen) atoms. The van der Waals surface area contributed by atoms with Gasteiger partial charge in [-0.15, -0.1) is 0 Å². The number of amides is 2. The van der Waals surface area contributed by atoms with Gasteiger partial charge in [0.2, 0.25) is 5.91 Å². The molecule has 4 N–H and O–H groups in total. The van der Waals surface area contributed by atoms with Crippen molar-refractivity contribution < 1.29 is 46.7 Å². The van der Waals surface area contributed by atoms with Gasteiger partial charge in [0.15, 0.2) is 5.54 Å². The number of halogens is 3. The van der Waals surface area contributed by atoms with Gasteiger partial charge in [0.05, 0.1) is 16.8 Å². The highest BCUT2D eigenvalue weighted by molar-refractivity contribution is 6.45. The fourth-order valence-electron chi connectivity index (χ4n) is 5.21. The Morgan fingerprint density at radius 2 is 1.67 bits per heavy atom. The van der Waals surface area contributed by atoms with Crippen LogP contribution in [-0.4, -0.2) is 71.7 Å². The molecule has 3 rings (SSSR count). The zero-order valence-corrected chi connectivity index (χ0v) is 25.8. The van der Waals surface area contributed by atoms with E-state index in [2.05, 4.69) is 16.0 Å². The average Bonchev–Trinajstić information content (AvgIpc) is 3.34. The Balaban J connectivity index is 1.75. The summed E-state index contributed by atoms with van der Waals surface area (Å²) in [5.41, 5.74) is -4.08. The molecule has 1 aromatic carbocycles. The SMILES string of the molecule is CC(C)(C)OC(=O)N[C@@H](Cc1ccc(C(F)(F)F)cc1)C(=O)N[C@@]1(C(=O)O)CNC[C@@H]1CCCB1OC(C)(C)C(C)(C)O1. The molecule has 0 radical (unpaired) electrons. The molecule has 2 saturated heterocycles. The topological polar surface area (TPSA) is 135 Å². The van der Waals surface area contributed by atoms with Gasteiger partial charge in [-0.25, -0.2) is 9.59 Å². The van der Waals surface area contributed by atoms with E-state index in [-0.39, 0.29) is 13.0 Å². The molecule has 2 fully saturated rings. The highest BCUT2D eigenvalue weighted by Gasteiger charge is 2.53. The smallest absolute Gasteiger partial charge is 0.457 e. The molecule has 2 aliphatic heterocycles. The number of carboxylic acids is 1. The number of carbonyl (C=O) groups excluding carboxylic acids is 2. The highest BCUT2D eigenvalue weighted by Crippen LogP contribution is 2.39. The molecule has 0 aromatic heterocycles. The maximum absolute atomic E-state index is 13.6. The minimum Gasteiger partial charge on any atom is -0.479 e. The molecule has 0 spiro atoms. The highest BCUT2D eigenvalue weighted by atomic mass is 19.4. The first-order valence-corrected chi connectivity index (χ1v) is 14.4. The number of benzene rings is 1. The lowest BCUT2D eigenvalue weighted by Gasteiger charge is -2.33. The largest absolute Gasteiger partial charge is 0.479 e. The van der Waals surface area contributed by atoms with Crippen molar-refractivity contribution in [3.05, 3.63) is 35.4 Å². The second-order valence-electron chi connectivity index (χ2n) is 13.3. The van der Waals surface area contributed by atoms with Crippen LogP contribution in [0.5, 0.6) is 0 Å². The van der Waals surface area contributed by atoms with Gasteiger partial charge >= 0.3 is 25.4 Å². The predicted octanol–water partition coefficient (Wildman–Crippen LogP) is 4.17.